The first-order valence-electron chi connectivity index (χ1n) is 2.73. The molecule has 4 N–H and O–H groups in total. The summed E-state index contributed by atoms with van der Waals surface area (Å²) >= 11 is 0. The maximum absolute atomic E-state index is 9.84. The molecule has 0 radical (unpaired) electrons. The summed E-state index contributed by atoms with van der Waals surface area (Å²) in [4.78, 5) is 44.7. The molecule has 0 amide bonds. The molecular weight excluding hydrogens is 268 g/mol. The third-order valence-electron chi connectivity index (χ3n) is 0.366. The normalized spacial score (nSPS) is 7.29. The first-order chi connectivity index (χ1) is 7.02. The van der Waals surface area contributed by atoms with Crippen molar-refractivity contribution in [2.45, 2.75) is 0 Å². The van der Waals surface area contributed by atoms with E-state index in [-0.39, 0.29) is 18.9 Å². The molecule has 94 valence electrons. The van der Waals surface area contributed by atoms with E-state index in [1.54, 1.807) is 0 Å². The topological polar surface area (TPSA) is 172 Å². The second-order valence-corrected chi connectivity index (χ2v) is 1.83. The van der Waals surface area contributed by atoms with E-state index in [0.29, 0.717) is 0 Å². The second-order valence-electron chi connectivity index (χ2n) is 1.42. The van der Waals surface area contributed by atoms with Crippen molar-refractivity contribution in [1.82, 2.24) is 0 Å². The largest absolute Gasteiger partial charge is 1.00 e. The van der Waals surface area contributed by atoms with Crippen LogP contribution in [0.2, 0.25) is 0 Å². The quantitative estimate of drug-likeness (QED) is 0.194. The Morgan fingerprint density at radius 1 is 0.765 bits per heavy atom. The molecular formula is C4H4F2LiO9P. The van der Waals surface area contributed by atoms with Crippen LogP contribution in [0.4, 0.5) is 8.39 Å². The number of carboxylic acid groups (broad SMARTS) is 4. The van der Waals surface area contributed by atoms with Crippen LogP contribution in [-0.2, 0) is 19.2 Å². The Hall–Kier alpha value is -1.27. The summed E-state index contributed by atoms with van der Waals surface area (Å²) in [5.74, 6) is -7.30. The average molecular weight is 272 g/mol. The van der Waals surface area contributed by atoms with Crippen LogP contribution in [0.1, 0.15) is 0 Å². The third-order valence-corrected chi connectivity index (χ3v) is 0.366. The zero-order chi connectivity index (χ0) is 13.9. The van der Waals surface area contributed by atoms with Gasteiger partial charge in [0, 0.05) is 0 Å². The van der Waals surface area contributed by atoms with Gasteiger partial charge in [-0.05, 0) is 0 Å². The van der Waals surface area contributed by atoms with Gasteiger partial charge < -0.3 is 25.3 Å². The monoisotopic (exact) mass is 272 g/mol. The van der Waals surface area contributed by atoms with Crippen molar-refractivity contribution in [2.24, 2.45) is 0 Å². The number of carboxylic acids is 4. The minimum atomic E-state index is -3.87. The molecule has 17 heavy (non-hydrogen) atoms. The van der Waals surface area contributed by atoms with Gasteiger partial charge >= 0.3 is 42.7 Å². The Labute approximate surface area is 105 Å². The number of hydrogen-bond donors (Lipinski definition) is 4. The molecule has 0 unspecified atom stereocenters. The summed E-state index contributed by atoms with van der Waals surface area (Å²) in [5, 5.41) is 29.6. The minimum absolute atomic E-state index is 0. The van der Waals surface area contributed by atoms with Gasteiger partial charge in [-0.15, -0.1) is 0 Å². The fraction of sp³-hybridized carbons (Fsp3) is 0. The van der Waals surface area contributed by atoms with Crippen LogP contribution in [-0.4, -0.2) is 44.3 Å². The summed E-state index contributed by atoms with van der Waals surface area (Å²) in [6, 6.07) is 0. The summed E-state index contributed by atoms with van der Waals surface area (Å²) < 4.78 is 19.7. The van der Waals surface area contributed by atoms with E-state index in [4.69, 9.17) is 44.5 Å². The van der Waals surface area contributed by atoms with E-state index in [1.165, 1.54) is 0 Å². The number of rotatable bonds is 0. The van der Waals surface area contributed by atoms with Gasteiger partial charge in [0.1, 0.15) is 0 Å². The second kappa shape index (κ2) is 14.7. The standard InChI is InChI=1S/2C2H2O4.F2OP.Li/c2*3-1(4)2(5)6;1-4(2)3;/h2*(H,3,4)(H,5,6);;/q;;-1;+1. The Bertz CT molecular complexity index is 219. The van der Waals surface area contributed by atoms with Crippen LogP contribution < -0.4 is 23.8 Å². The first-order valence-corrected chi connectivity index (χ1v) is 3.77. The van der Waals surface area contributed by atoms with Crippen molar-refractivity contribution < 1.29 is 71.8 Å². The molecule has 0 fully saturated rings. The van der Waals surface area contributed by atoms with Crippen LogP contribution >= 0.6 is 8.77 Å². The Morgan fingerprint density at radius 3 is 0.824 bits per heavy atom. The van der Waals surface area contributed by atoms with Crippen molar-refractivity contribution in [3.8, 4) is 0 Å². The van der Waals surface area contributed by atoms with Crippen molar-refractivity contribution in [1.29, 1.82) is 0 Å². The van der Waals surface area contributed by atoms with Gasteiger partial charge in [-0.1, -0.05) is 0 Å². The number of hydrogen-bond acceptors (Lipinski definition) is 5. The molecule has 0 heterocycles. The van der Waals surface area contributed by atoms with Gasteiger partial charge in [-0.3, -0.25) is 0 Å². The van der Waals surface area contributed by atoms with Gasteiger partial charge in [-0.2, -0.15) is 0 Å². The molecule has 0 aromatic rings. The maximum atomic E-state index is 9.84. The van der Waals surface area contributed by atoms with Crippen molar-refractivity contribution in [3.05, 3.63) is 0 Å². The fourth-order valence-corrected chi connectivity index (χ4v) is 0. The van der Waals surface area contributed by atoms with Gasteiger partial charge in [0.05, 0.1) is 0 Å². The van der Waals surface area contributed by atoms with E-state index in [0.717, 1.165) is 0 Å². The Balaban J connectivity index is -0.0000000741. The van der Waals surface area contributed by atoms with E-state index in [9.17, 15) is 8.39 Å². The first kappa shape index (κ1) is 24.8. The number of aliphatic carboxylic acids is 4. The van der Waals surface area contributed by atoms with Crippen LogP contribution in [0.5, 0.6) is 0 Å². The molecule has 0 rings (SSSR count). The van der Waals surface area contributed by atoms with Crippen LogP contribution in [0.3, 0.4) is 0 Å². The van der Waals surface area contributed by atoms with Gasteiger partial charge in [-0.25, -0.2) is 27.6 Å². The minimum Gasteiger partial charge on any atom is -0.778 e. The predicted octanol–water partition coefficient (Wildman–Crippen LogP) is -4.17. The molecule has 0 spiro atoms. The third kappa shape index (κ3) is 52.7. The molecule has 0 aromatic carbocycles. The molecule has 0 aliphatic heterocycles. The average Bonchev–Trinajstić information content (AvgIpc) is 2.03. The van der Waals surface area contributed by atoms with Crippen LogP contribution in [0, 0.1) is 0 Å². The predicted molar refractivity (Wildman–Crippen MR) is 39.7 cm³/mol. The summed E-state index contributed by atoms with van der Waals surface area (Å²) in [6.07, 6.45) is 0. The van der Waals surface area contributed by atoms with E-state index >= 15 is 0 Å². The fourth-order valence-electron chi connectivity index (χ4n) is 0. The summed E-state index contributed by atoms with van der Waals surface area (Å²) in [5.41, 5.74) is 0. The molecule has 0 aromatic heterocycles. The molecule has 9 nitrogen and oxygen atoms in total. The maximum Gasteiger partial charge on any atom is 1.00 e. The van der Waals surface area contributed by atoms with Crippen molar-refractivity contribution in [2.75, 3.05) is 0 Å². The Morgan fingerprint density at radius 2 is 0.824 bits per heavy atom. The van der Waals surface area contributed by atoms with Crippen LogP contribution in [0.25, 0.3) is 0 Å². The molecule has 0 bridgehead atoms. The van der Waals surface area contributed by atoms with Gasteiger partial charge in [0.25, 0.3) is 0 Å². The molecule has 0 aliphatic carbocycles. The van der Waals surface area contributed by atoms with Gasteiger partial charge in [0.2, 0.25) is 0 Å². The zero-order valence-electron chi connectivity index (χ0n) is 8.03. The summed E-state index contributed by atoms with van der Waals surface area (Å²) in [6.45, 7) is 0. The number of carbonyl (C=O) groups is 4. The smallest absolute Gasteiger partial charge is 0.778 e. The van der Waals surface area contributed by atoms with Crippen LogP contribution in [0.15, 0.2) is 0 Å². The van der Waals surface area contributed by atoms with Crippen molar-refractivity contribution >= 4 is 32.6 Å². The van der Waals surface area contributed by atoms with E-state index < -0.39 is 32.6 Å². The van der Waals surface area contributed by atoms with E-state index in [1.807, 2.05) is 0 Å². The number of halogens is 2. The Kier molecular flexibility index (Phi) is 21.5. The molecule has 0 saturated carbocycles. The zero-order valence-corrected chi connectivity index (χ0v) is 8.93. The molecule has 0 aliphatic rings. The van der Waals surface area contributed by atoms with Gasteiger partial charge in [0.15, 0.2) is 8.77 Å². The molecule has 13 heteroatoms. The van der Waals surface area contributed by atoms with E-state index in [2.05, 4.69) is 0 Å². The van der Waals surface area contributed by atoms with Crippen molar-refractivity contribution in [3.63, 3.8) is 0 Å². The molecule has 0 atom stereocenters. The summed E-state index contributed by atoms with van der Waals surface area (Å²) in [7, 11) is -3.87. The SMILES string of the molecule is O=C(O)C(=O)O.O=C(O)C(=O)O.[Li+].[O-]P(F)F. The molecule has 0 saturated heterocycles.